The van der Waals surface area contributed by atoms with Crippen LogP contribution in [0.5, 0.6) is 0 Å². The van der Waals surface area contributed by atoms with Crippen LogP contribution in [0.15, 0.2) is 34.1 Å². The molecule has 0 saturated carbocycles. The van der Waals surface area contributed by atoms with Gasteiger partial charge in [-0.1, -0.05) is 35.1 Å². The molecule has 0 amide bonds. The number of carboxylic acid groups (broad SMARTS) is 1. The van der Waals surface area contributed by atoms with Crippen molar-refractivity contribution < 1.29 is 37.0 Å². The molecule has 0 aliphatic carbocycles. The minimum Gasteiger partial charge on any atom is -0.480 e. The number of alkyl halides is 2. The lowest BCUT2D eigenvalue weighted by molar-refractivity contribution is -0.148. The van der Waals surface area contributed by atoms with E-state index >= 15 is 0 Å². The first-order valence-corrected chi connectivity index (χ1v) is 15.6. The van der Waals surface area contributed by atoms with Gasteiger partial charge in [0.05, 0.1) is 6.61 Å². The van der Waals surface area contributed by atoms with E-state index in [1.54, 1.807) is 34.6 Å². The molecule has 2 fully saturated rings. The molecule has 10 nitrogen and oxygen atoms in total. The number of ether oxygens (including phenoxy) is 1. The fourth-order valence-corrected chi connectivity index (χ4v) is 5.54. The Hall–Kier alpha value is -3.52. The largest absolute Gasteiger partial charge is 0.480 e. The van der Waals surface area contributed by atoms with Gasteiger partial charge in [0.2, 0.25) is 0 Å². The molecule has 2 aromatic rings. The molecule has 2 saturated heterocycles. The average Bonchev–Trinajstić information content (AvgIpc) is 2.93. The first kappa shape index (κ1) is 39.7. The summed E-state index contributed by atoms with van der Waals surface area (Å²) in [5.74, 6) is -4.15. The predicted molar refractivity (Wildman–Crippen MR) is 170 cm³/mol. The Morgan fingerprint density at radius 2 is 1.19 bits per heavy atom. The van der Waals surface area contributed by atoms with Crippen molar-refractivity contribution in [1.29, 1.82) is 0 Å². The molecule has 2 aromatic heterocycles. The molecule has 14 heteroatoms. The summed E-state index contributed by atoms with van der Waals surface area (Å²) in [5.41, 5.74) is -0.633. The highest BCUT2D eigenvalue weighted by molar-refractivity contribution is 5.74. The number of aromatic nitrogens is 2. The normalized spacial score (nSPS) is 16.8. The third-order valence-corrected chi connectivity index (χ3v) is 8.01. The number of esters is 1. The lowest BCUT2D eigenvalue weighted by atomic mass is 10.0. The topological polar surface area (TPSA) is 114 Å². The van der Waals surface area contributed by atoms with Crippen LogP contribution in [0.4, 0.5) is 17.6 Å². The zero-order valence-electron chi connectivity index (χ0n) is 26.9. The number of hydrogen-bond acceptors (Lipinski definition) is 7. The molecule has 0 aromatic carbocycles. The number of rotatable bonds is 13. The second kappa shape index (κ2) is 17.6. The Morgan fingerprint density at radius 3 is 1.51 bits per heavy atom. The highest BCUT2D eigenvalue weighted by atomic mass is 19.1. The Labute approximate surface area is 272 Å². The molecule has 2 aliphatic rings. The number of carboxylic acids is 1. The third-order valence-electron chi connectivity index (χ3n) is 8.01. The van der Waals surface area contributed by atoms with Crippen LogP contribution in [-0.2, 0) is 27.2 Å². The van der Waals surface area contributed by atoms with E-state index in [4.69, 9.17) is 4.74 Å². The summed E-state index contributed by atoms with van der Waals surface area (Å²) in [6.45, 7) is 11.4. The van der Waals surface area contributed by atoms with E-state index in [0.29, 0.717) is 63.2 Å². The highest BCUT2D eigenvalue weighted by Gasteiger charge is 2.30. The van der Waals surface area contributed by atoms with Gasteiger partial charge in [-0.25, -0.2) is 27.2 Å². The number of halogens is 4. The van der Waals surface area contributed by atoms with Crippen LogP contribution >= 0.6 is 0 Å². The maximum absolute atomic E-state index is 14.0. The van der Waals surface area contributed by atoms with Crippen molar-refractivity contribution in [2.24, 2.45) is 11.8 Å². The van der Waals surface area contributed by atoms with Crippen LogP contribution in [0.3, 0.4) is 0 Å². The smallest absolute Gasteiger partial charge is 0.329 e. The monoisotopic (exact) mass is 672 g/mol. The van der Waals surface area contributed by atoms with Crippen molar-refractivity contribution in [2.45, 2.75) is 79.3 Å². The van der Waals surface area contributed by atoms with Crippen LogP contribution in [-0.4, -0.2) is 94.2 Å². The first-order valence-electron chi connectivity index (χ1n) is 15.6. The van der Waals surface area contributed by atoms with Gasteiger partial charge in [-0.3, -0.25) is 28.5 Å². The molecule has 4 heterocycles. The maximum atomic E-state index is 14.0. The summed E-state index contributed by atoms with van der Waals surface area (Å²) >= 11 is 0. The van der Waals surface area contributed by atoms with Crippen molar-refractivity contribution in [2.75, 3.05) is 45.9 Å². The number of aliphatic carboxylic acids is 1. The summed E-state index contributed by atoms with van der Waals surface area (Å²) in [4.78, 5) is 51.3. The summed E-state index contributed by atoms with van der Waals surface area (Å²) in [7, 11) is 0. The number of hydrogen-bond donors (Lipinski definition) is 1. The van der Waals surface area contributed by atoms with E-state index < -0.39 is 59.1 Å². The number of nitrogens with zero attached hydrogens (tertiary/aromatic N) is 4. The standard InChI is InChI=1S/C17H24F2N2O3.C15H20F2N2O3.CH4/c1-4-24-17(23)15(11(2)3)21-8-12(7-14(19)16(21)22)5-6-20-9-13(18)10-20;1-9(2)13(15(21)22)19-6-10(5-12(17)14(19)20)3-4-18-7-11(16)8-18;/h7-8,11,13,15H,4-6,9-10H2,1-3H3;5-6,9,11,13H,3-4,7-8H2,1-2H3,(H,21,22);1H4. The van der Waals surface area contributed by atoms with Crippen LogP contribution in [0, 0.1) is 23.5 Å². The lowest BCUT2D eigenvalue weighted by Gasteiger charge is -2.34. The summed E-state index contributed by atoms with van der Waals surface area (Å²) in [6.07, 6.45) is 2.25. The van der Waals surface area contributed by atoms with Crippen molar-refractivity contribution in [3.8, 4) is 0 Å². The van der Waals surface area contributed by atoms with E-state index in [1.807, 2.05) is 9.80 Å². The predicted octanol–water partition coefficient (Wildman–Crippen LogP) is 4.05. The zero-order valence-corrected chi connectivity index (χ0v) is 26.9. The molecular weight excluding hydrogens is 624 g/mol. The number of likely N-dealkylation sites (tertiary alicyclic amines) is 2. The molecule has 2 unspecified atom stereocenters. The van der Waals surface area contributed by atoms with Gasteiger partial charge in [0.15, 0.2) is 11.6 Å². The fraction of sp³-hybridized carbons (Fsp3) is 0.636. The van der Waals surface area contributed by atoms with Crippen molar-refractivity contribution in [1.82, 2.24) is 18.9 Å². The van der Waals surface area contributed by atoms with Gasteiger partial charge in [-0.2, -0.15) is 0 Å². The maximum Gasteiger partial charge on any atom is 0.329 e. The van der Waals surface area contributed by atoms with E-state index in [2.05, 4.69) is 0 Å². The Morgan fingerprint density at radius 1 is 0.809 bits per heavy atom. The molecule has 1 N–H and O–H groups in total. The minimum absolute atomic E-state index is 0. The zero-order chi connectivity index (χ0) is 34.3. The van der Waals surface area contributed by atoms with E-state index in [0.717, 1.165) is 15.2 Å². The molecule has 0 bridgehead atoms. The summed E-state index contributed by atoms with van der Waals surface area (Å²) in [5, 5.41) is 9.27. The number of carbonyl (C=O) groups excluding carboxylic acids is 1. The first-order chi connectivity index (χ1) is 21.6. The molecular formula is C33H48F4N4O6. The van der Waals surface area contributed by atoms with Crippen molar-refractivity contribution >= 4 is 11.9 Å². The van der Waals surface area contributed by atoms with Crippen LogP contribution in [0.25, 0.3) is 0 Å². The number of pyridine rings is 2. The van der Waals surface area contributed by atoms with Gasteiger partial charge in [0, 0.05) is 51.7 Å². The highest BCUT2D eigenvalue weighted by Crippen LogP contribution is 2.21. The Bertz CT molecular complexity index is 1470. The van der Waals surface area contributed by atoms with E-state index in [9.17, 15) is 41.8 Å². The van der Waals surface area contributed by atoms with Crippen LogP contribution in [0.2, 0.25) is 0 Å². The fourth-order valence-electron chi connectivity index (χ4n) is 5.54. The lowest BCUT2D eigenvalue weighted by Crippen LogP contribution is -2.49. The Kier molecular flexibility index (Phi) is 14.8. The second-order valence-corrected chi connectivity index (χ2v) is 12.5. The SMILES string of the molecule is C.CC(C)C(C(=O)O)n1cc(CCN2CC(F)C2)cc(F)c1=O.CCOC(=O)C(C(C)C)n1cc(CCN2CC(F)C2)cc(F)c1=O. The molecule has 264 valence electrons. The van der Waals surface area contributed by atoms with Gasteiger partial charge < -0.3 is 9.84 Å². The molecule has 0 spiro atoms. The average molecular weight is 673 g/mol. The quantitative estimate of drug-likeness (QED) is 0.251. The van der Waals surface area contributed by atoms with Gasteiger partial charge in [-0.05, 0) is 54.9 Å². The van der Waals surface area contributed by atoms with Crippen LogP contribution in [0.1, 0.15) is 65.3 Å². The van der Waals surface area contributed by atoms with Crippen molar-refractivity contribution in [3.05, 3.63) is 68.0 Å². The van der Waals surface area contributed by atoms with E-state index in [1.165, 1.54) is 18.5 Å². The van der Waals surface area contributed by atoms with Gasteiger partial charge in [0.1, 0.15) is 24.4 Å². The number of carbonyl (C=O) groups is 2. The van der Waals surface area contributed by atoms with Crippen LogP contribution < -0.4 is 11.1 Å². The minimum atomic E-state index is -1.17. The molecule has 2 atom stereocenters. The third kappa shape index (κ3) is 10.5. The molecule has 47 heavy (non-hydrogen) atoms. The molecule has 0 radical (unpaired) electrons. The summed E-state index contributed by atoms with van der Waals surface area (Å²) in [6, 6.07) is 0.339. The van der Waals surface area contributed by atoms with Gasteiger partial charge in [0.25, 0.3) is 11.1 Å². The van der Waals surface area contributed by atoms with Gasteiger partial charge >= 0.3 is 11.9 Å². The second-order valence-electron chi connectivity index (χ2n) is 12.5. The molecule has 2 aliphatic heterocycles. The van der Waals surface area contributed by atoms with Gasteiger partial charge in [-0.15, -0.1) is 0 Å². The summed E-state index contributed by atoms with van der Waals surface area (Å²) < 4.78 is 60.5. The van der Waals surface area contributed by atoms with E-state index in [-0.39, 0.29) is 25.9 Å². The van der Waals surface area contributed by atoms with Crippen molar-refractivity contribution in [3.63, 3.8) is 0 Å². The molecule has 4 rings (SSSR count). The Balaban J connectivity index is 0.000000321.